The van der Waals surface area contributed by atoms with E-state index in [0.29, 0.717) is 17.0 Å². The Morgan fingerprint density at radius 3 is 1.94 bits per heavy atom. The first-order chi connectivity index (χ1) is 23.9. The highest BCUT2D eigenvalue weighted by Gasteiger charge is 2.23. The molecule has 2 heterocycles. The topological polar surface area (TPSA) is 74.7 Å². The van der Waals surface area contributed by atoms with Crippen molar-refractivity contribution in [2.45, 2.75) is 52.4 Å². The van der Waals surface area contributed by atoms with Gasteiger partial charge in [0.25, 0.3) is 0 Å². The van der Waals surface area contributed by atoms with Gasteiger partial charge in [-0.15, -0.1) is 0 Å². The van der Waals surface area contributed by atoms with Crippen LogP contribution in [0.1, 0.15) is 58.2 Å². The van der Waals surface area contributed by atoms with Crippen molar-refractivity contribution in [3.63, 3.8) is 0 Å². The van der Waals surface area contributed by atoms with Gasteiger partial charge in [-0.3, -0.25) is 9.55 Å². The van der Waals surface area contributed by atoms with Crippen molar-refractivity contribution in [1.82, 2.24) is 14.5 Å². The molecule has 0 fully saturated rings. The Balaban J connectivity index is 1.53. The average molecular weight is 653 g/mol. The molecule has 0 spiro atoms. The fourth-order valence-electron chi connectivity index (χ4n) is 6.44. The molecule has 0 saturated heterocycles. The van der Waals surface area contributed by atoms with E-state index in [4.69, 9.17) is 9.97 Å². The molecule has 0 aliphatic carbocycles. The van der Waals surface area contributed by atoms with Crippen LogP contribution in [0, 0.1) is 11.3 Å². The normalized spacial score (nSPS) is 11.9. The zero-order chi connectivity index (χ0) is 35.2. The molecule has 246 valence electrons. The smallest absolute Gasteiger partial charge is 0.149 e. The van der Waals surface area contributed by atoms with Gasteiger partial charge in [-0.05, 0) is 105 Å². The lowest BCUT2D eigenvalue weighted by Gasteiger charge is -2.26. The molecule has 1 N–H and O–H groups in total. The lowest BCUT2D eigenvalue weighted by Crippen LogP contribution is -2.16. The third kappa shape index (κ3) is 6.17. The fourth-order valence-corrected chi connectivity index (χ4v) is 6.44. The molecular formula is C45H40N4O. The maximum Gasteiger partial charge on any atom is 0.149 e. The summed E-state index contributed by atoms with van der Waals surface area (Å²) in [6, 6.07) is 42.9. The number of phenols is 1. The molecule has 7 aromatic rings. The van der Waals surface area contributed by atoms with E-state index in [-0.39, 0.29) is 16.6 Å². The van der Waals surface area contributed by atoms with Gasteiger partial charge in [-0.1, -0.05) is 96.1 Å². The van der Waals surface area contributed by atoms with Crippen LogP contribution in [0.2, 0.25) is 0 Å². The number of nitriles is 1. The molecule has 5 aromatic carbocycles. The number of rotatable bonds is 5. The Labute approximate surface area is 294 Å². The van der Waals surface area contributed by atoms with Crippen LogP contribution in [0.15, 0.2) is 128 Å². The minimum absolute atomic E-state index is 0.0297. The zero-order valence-corrected chi connectivity index (χ0v) is 29.4. The first-order valence-electron chi connectivity index (χ1n) is 16.9. The molecule has 2 aromatic heterocycles. The second-order valence-corrected chi connectivity index (χ2v) is 14.9. The predicted octanol–water partition coefficient (Wildman–Crippen LogP) is 11.3. The van der Waals surface area contributed by atoms with E-state index in [1.165, 1.54) is 11.1 Å². The summed E-state index contributed by atoms with van der Waals surface area (Å²) < 4.78 is 2.03. The molecule has 5 heteroatoms. The second-order valence-electron chi connectivity index (χ2n) is 14.9. The van der Waals surface area contributed by atoms with Gasteiger partial charge in [-0.2, -0.15) is 5.26 Å². The lowest BCUT2D eigenvalue weighted by atomic mass is 9.78. The predicted molar refractivity (Wildman–Crippen MR) is 204 cm³/mol. The zero-order valence-electron chi connectivity index (χ0n) is 29.4. The number of hydrogen-bond acceptors (Lipinski definition) is 4. The van der Waals surface area contributed by atoms with E-state index < -0.39 is 0 Å². The third-order valence-electron chi connectivity index (χ3n) is 9.27. The van der Waals surface area contributed by atoms with Crippen LogP contribution in [-0.4, -0.2) is 19.6 Å². The number of hydrogen-bond donors (Lipinski definition) is 1. The van der Waals surface area contributed by atoms with E-state index in [1.807, 2.05) is 71.4 Å². The number of pyridine rings is 1. The maximum absolute atomic E-state index is 11.0. The Morgan fingerprint density at radius 1 is 0.620 bits per heavy atom. The summed E-state index contributed by atoms with van der Waals surface area (Å²) in [4.78, 5) is 10.00. The molecule has 0 radical (unpaired) electrons. The molecule has 0 aliphatic rings. The SMILES string of the molecule is CC(C)(C)c1cc(-c2cc(-c3ccccn3)cc(-c3cccc4c3nc(-c3ccccc3O)n4-c3cccc(C#N)c3)c2)cc(C(C)(C)C)c1. The van der Waals surface area contributed by atoms with Gasteiger partial charge in [0, 0.05) is 23.0 Å². The molecule has 0 aliphatic heterocycles. The number of imidazole rings is 1. The van der Waals surface area contributed by atoms with Gasteiger partial charge < -0.3 is 5.11 Å². The maximum atomic E-state index is 11.0. The summed E-state index contributed by atoms with van der Waals surface area (Å²) in [5.74, 6) is 0.726. The molecule has 0 amide bonds. The number of nitrogens with zero attached hydrogens (tertiary/aromatic N) is 4. The largest absolute Gasteiger partial charge is 0.507 e. The van der Waals surface area contributed by atoms with Crippen LogP contribution >= 0.6 is 0 Å². The highest BCUT2D eigenvalue weighted by molar-refractivity contribution is 5.97. The van der Waals surface area contributed by atoms with Crippen molar-refractivity contribution in [3.8, 4) is 62.4 Å². The van der Waals surface area contributed by atoms with Gasteiger partial charge >= 0.3 is 0 Å². The Hall–Kier alpha value is -5.99. The third-order valence-corrected chi connectivity index (χ3v) is 9.27. The second kappa shape index (κ2) is 12.5. The molecule has 0 saturated carbocycles. The van der Waals surface area contributed by atoms with Crippen molar-refractivity contribution >= 4 is 11.0 Å². The quantitative estimate of drug-likeness (QED) is 0.201. The molecule has 0 unspecified atom stereocenters. The number of fused-ring (bicyclic) bond motifs is 1. The number of benzene rings is 5. The highest BCUT2D eigenvalue weighted by Crippen LogP contribution is 2.41. The summed E-state index contributed by atoms with van der Waals surface area (Å²) >= 11 is 0. The summed E-state index contributed by atoms with van der Waals surface area (Å²) in [5.41, 5.74) is 12.2. The standard InChI is InChI=1S/C45H40N4O/c1-44(2,3)34-25-31(26-35(27-34)45(4,5)6)30-22-32(24-33(23-30)39-17-9-10-20-47-39)37-16-12-18-40-42(37)48-43(38-15-7-8-19-41(38)50)49(40)36-14-11-13-29(21-36)28-46/h7-27,50H,1-6H3. The van der Waals surface area contributed by atoms with E-state index in [1.54, 1.807) is 18.2 Å². The molecule has 7 rings (SSSR count). The number of para-hydroxylation sites is 2. The summed E-state index contributed by atoms with van der Waals surface area (Å²) in [6.45, 7) is 13.6. The minimum atomic E-state index is -0.0297. The van der Waals surface area contributed by atoms with Gasteiger partial charge in [0.1, 0.15) is 11.6 Å². The van der Waals surface area contributed by atoms with Crippen LogP contribution in [-0.2, 0) is 10.8 Å². The number of aromatic nitrogens is 3. The van der Waals surface area contributed by atoms with Crippen molar-refractivity contribution in [2.24, 2.45) is 0 Å². The van der Waals surface area contributed by atoms with E-state index in [2.05, 4.69) is 90.1 Å². The van der Waals surface area contributed by atoms with E-state index in [9.17, 15) is 10.4 Å². The average Bonchev–Trinajstić information content (AvgIpc) is 3.51. The van der Waals surface area contributed by atoms with Gasteiger partial charge in [0.05, 0.1) is 33.9 Å². The van der Waals surface area contributed by atoms with Gasteiger partial charge in [-0.25, -0.2) is 4.98 Å². The summed E-state index contributed by atoms with van der Waals surface area (Å²) in [6.07, 6.45) is 1.83. The van der Waals surface area contributed by atoms with Gasteiger partial charge in [0.2, 0.25) is 0 Å². The van der Waals surface area contributed by atoms with E-state index in [0.717, 1.165) is 50.2 Å². The first kappa shape index (κ1) is 32.6. The molecule has 5 nitrogen and oxygen atoms in total. The van der Waals surface area contributed by atoms with Gasteiger partial charge in [0.15, 0.2) is 0 Å². The summed E-state index contributed by atoms with van der Waals surface area (Å²) in [5, 5.41) is 20.8. The molecule has 0 atom stereocenters. The molecular weight excluding hydrogens is 613 g/mol. The molecule has 50 heavy (non-hydrogen) atoms. The van der Waals surface area contributed by atoms with Crippen molar-refractivity contribution in [3.05, 3.63) is 144 Å². The van der Waals surface area contributed by atoms with E-state index >= 15 is 0 Å². The van der Waals surface area contributed by atoms with Crippen molar-refractivity contribution in [2.75, 3.05) is 0 Å². The Bertz CT molecular complexity index is 2390. The first-order valence-corrected chi connectivity index (χ1v) is 16.9. The number of aromatic hydroxyl groups is 1. The van der Waals surface area contributed by atoms with Crippen LogP contribution in [0.4, 0.5) is 0 Å². The van der Waals surface area contributed by atoms with Crippen LogP contribution in [0.3, 0.4) is 0 Å². The molecule has 0 bridgehead atoms. The number of phenolic OH excluding ortho intramolecular Hbond substituents is 1. The fraction of sp³-hybridized carbons (Fsp3) is 0.178. The van der Waals surface area contributed by atoms with Crippen molar-refractivity contribution in [1.29, 1.82) is 5.26 Å². The monoisotopic (exact) mass is 652 g/mol. The van der Waals surface area contributed by atoms with Crippen LogP contribution < -0.4 is 0 Å². The Kier molecular flexibility index (Phi) is 8.12. The van der Waals surface area contributed by atoms with Crippen LogP contribution in [0.25, 0.3) is 61.6 Å². The lowest BCUT2D eigenvalue weighted by molar-refractivity contribution is 0.477. The van der Waals surface area contributed by atoms with Crippen LogP contribution in [0.5, 0.6) is 5.75 Å². The van der Waals surface area contributed by atoms with Crippen molar-refractivity contribution < 1.29 is 5.11 Å². The minimum Gasteiger partial charge on any atom is -0.507 e. The Morgan fingerprint density at radius 2 is 1.26 bits per heavy atom. The highest BCUT2D eigenvalue weighted by atomic mass is 16.3. The summed E-state index contributed by atoms with van der Waals surface area (Å²) in [7, 11) is 0.